The molecule has 0 amide bonds. The SMILES string of the molecule is CCNc1cc(O)c2c(c1)/C=C/C[C@H](O)[C@H](O)C(=O)/C=C\[C@@H](C)[C@H](C)OC2=O.CNc1cc(O)c2c(c1)/C=C/C[C@H](O)[C@@H](O)C(=O)/C=C/[C@@H](C)[C@H](C)OC2=O.CNc1cc(O)c2c(c1)/C=C/C[C@H](O)[C@H](O)C(=O)/C=C\[C@@H](C)[C@H](C)OC2=O.C[C@@H]1/C=C\C(=O)[C@@H](O)[C@@H](O)C/C=C/c2cc(NC3CC3)cc(O)c2C(=O)O[C@H]1C.C[C@@H]1/C=C\C(=O)[C@@H](O)[C@@H](O)C/C=C/c2cc(OCCn3ccnc3)cc(O)c2C(=O)O[C@H]1C. The van der Waals surface area contributed by atoms with Gasteiger partial charge in [0.2, 0.25) is 0 Å². The molecule has 6 aromatic rings. The molecule has 20 atom stereocenters. The number of fused-ring (bicyclic) bond motifs is 5. The van der Waals surface area contributed by atoms with Gasteiger partial charge in [-0.25, -0.2) is 29.0 Å². The summed E-state index contributed by atoms with van der Waals surface area (Å²) in [6.45, 7) is 20.5. The summed E-state index contributed by atoms with van der Waals surface area (Å²) in [5.74, 6) is -9.01. The van der Waals surface area contributed by atoms with Crippen LogP contribution in [0.3, 0.4) is 0 Å². The molecule has 5 aliphatic heterocycles. The zero-order valence-electron chi connectivity index (χ0n) is 82.4. The predicted octanol–water partition coefficient (Wildman–Crippen LogP) is 10.6. The number of phenols is 5. The van der Waals surface area contributed by atoms with E-state index >= 15 is 0 Å². The summed E-state index contributed by atoms with van der Waals surface area (Å²) < 4.78 is 34.9. The number of hydrogen-bond donors (Lipinski definition) is 19. The zero-order valence-corrected chi connectivity index (χ0v) is 82.4. The Bertz CT molecular complexity index is 5680. The number of ether oxygens (including phenoxy) is 6. The third kappa shape index (κ3) is 33.6. The van der Waals surface area contributed by atoms with Gasteiger partial charge in [0.1, 0.15) is 130 Å². The molecule has 12 rings (SSSR count). The standard InChI is InChI=1S/C24H28N2O7.C22H27NO6.C21H27NO6.2C20H25NO6/c1-15-6-7-20(28)23(30)19(27)5-3-4-17-12-18(32-11-10-26-9-8-25-14-26)13-21(29)22(17)24(31)33-16(15)2;1-12-6-9-18(25)21(27)17(24)5-3-4-14-10-16(23-15-7-8-15)11-19(26)20(14)22(28)29-13(12)2;1-4-22-15-10-14-6-5-7-16(23)20(26)17(24)9-8-12(2)13(3)28-21(27)19(14)18(25)11-15;2*1-11-7-8-16(23)19(25)15(22)6-4-5-13-9-14(21-3)10-17(24)18(13)20(26)27-12(11)2/h3-4,6-9,12-16,19,23,27,29-30H,5,10-11H2,1-2H3;3-4,6,9-13,15,17,21,23-24,26-27H,5,7-8H2,1-2H3;5-6,8-13,16,20,22-23,25-26H,4,7H2,1-3H3;2*4-5,7-12,15,19,21-22,24-25H,6H2,1-3H3/b4-3+,7-6-;4-3+,9-6-;6-5+,9-8-;5-4+,8-7+;5-4+,8-7-/t15-,16+,19+,23+;12-,13+,17+,21+;12-,13+,16+,20+;11-,12+,15+,19-;11-,12+,15+,19+/m11111/s1. The molecule has 0 radical (unpaired) electrons. The molecule has 144 heavy (non-hydrogen) atoms. The number of aromatic nitrogens is 2. The number of rotatable bonds is 10. The van der Waals surface area contributed by atoms with Crippen LogP contribution in [0.25, 0.3) is 30.4 Å². The van der Waals surface area contributed by atoms with Gasteiger partial charge in [-0.05, 0) is 175 Å². The molecule has 1 aromatic heterocycles. The highest BCUT2D eigenvalue weighted by atomic mass is 16.6. The Labute approximate surface area is 834 Å². The second-order valence-corrected chi connectivity index (χ2v) is 35.7. The van der Waals surface area contributed by atoms with E-state index in [2.05, 4.69) is 26.3 Å². The molecule has 776 valence electrons. The lowest BCUT2D eigenvalue weighted by atomic mass is 9.99. The summed E-state index contributed by atoms with van der Waals surface area (Å²) in [5, 5.41) is 165. The molecule has 6 aliphatic rings. The van der Waals surface area contributed by atoms with Crippen molar-refractivity contribution >= 4 is 112 Å². The first-order valence-electron chi connectivity index (χ1n) is 47.3. The maximum Gasteiger partial charge on any atom is 0.342 e. The number of hydrogen-bond acceptors (Lipinski definition) is 36. The van der Waals surface area contributed by atoms with Gasteiger partial charge < -0.3 is 131 Å². The number of carbonyl (C=O) groups excluding carboxylic acids is 10. The van der Waals surface area contributed by atoms with Gasteiger partial charge in [-0.3, -0.25) is 24.0 Å². The highest BCUT2D eigenvalue weighted by Crippen LogP contribution is 2.38. The maximum atomic E-state index is 12.9. The first-order valence-corrected chi connectivity index (χ1v) is 47.3. The molecule has 37 nitrogen and oxygen atoms in total. The van der Waals surface area contributed by atoms with Crippen LogP contribution in [-0.4, -0.2) is 270 Å². The Morgan fingerprint density at radius 2 is 0.604 bits per heavy atom. The highest BCUT2D eigenvalue weighted by molar-refractivity contribution is 6.02. The Hall–Kier alpha value is -14.0. The molecule has 1 aliphatic carbocycles. The Morgan fingerprint density at radius 1 is 0.347 bits per heavy atom. The molecule has 0 saturated heterocycles. The van der Waals surface area contributed by atoms with Crippen LogP contribution in [-0.2, 0) is 54.2 Å². The van der Waals surface area contributed by atoms with E-state index in [4.69, 9.17) is 28.4 Å². The number of benzene rings is 5. The molecule has 5 aromatic carbocycles. The average molecular weight is 2000 g/mol. The van der Waals surface area contributed by atoms with Crippen LogP contribution in [0.5, 0.6) is 34.5 Å². The van der Waals surface area contributed by atoms with E-state index in [1.54, 1.807) is 151 Å². The van der Waals surface area contributed by atoms with E-state index in [-0.39, 0.29) is 118 Å². The largest absolute Gasteiger partial charge is 0.507 e. The number of carbonyl (C=O) groups is 10. The summed E-state index contributed by atoms with van der Waals surface area (Å²) >= 11 is 0. The molecular weight excluding hydrogens is 1870 g/mol. The van der Waals surface area contributed by atoms with Crippen molar-refractivity contribution in [3.63, 3.8) is 0 Å². The van der Waals surface area contributed by atoms with Crippen molar-refractivity contribution in [2.24, 2.45) is 29.6 Å². The summed E-state index contributed by atoms with van der Waals surface area (Å²) in [6, 6.07) is 15.8. The molecule has 19 N–H and O–H groups in total. The van der Waals surface area contributed by atoms with Crippen molar-refractivity contribution in [3.8, 4) is 34.5 Å². The fourth-order valence-corrected chi connectivity index (χ4v) is 14.3. The molecule has 0 bridgehead atoms. The molecule has 6 heterocycles. The lowest BCUT2D eigenvalue weighted by molar-refractivity contribution is -0.128. The Kier molecular flexibility index (Phi) is 44.0. The summed E-state index contributed by atoms with van der Waals surface area (Å²) in [4.78, 5) is 128. The normalized spacial score (nSPS) is 28.7. The number of phenolic OH excluding ortho intramolecular Hbond substituents is 5. The van der Waals surface area contributed by atoms with Gasteiger partial charge >= 0.3 is 29.8 Å². The lowest BCUT2D eigenvalue weighted by Crippen LogP contribution is -2.32. The van der Waals surface area contributed by atoms with E-state index in [9.17, 15) is 125 Å². The van der Waals surface area contributed by atoms with Crippen LogP contribution < -0.4 is 26.0 Å². The van der Waals surface area contributed by atoms with Gasteiger partial charge in [-0.15, -0.1) is 0 Å². The maximum absolute atomic E-state index is 12.9. The molecular formula is C107H132N6O31. The van der Waals surface area contributed by atoms with Crippen molar-refractivity contribution in [3.05, 3.63) is 226 Å². The van der Waals surface area contributed by atoms with Gasteiger partial charge in [0.15, 0.2) is 28.9 Å². The number of esters is 5. The van der Waals surface area contributed by atoms with Crippen LogP contribution in [0.1, 0.15) is 201 Å². The van der Waals surface area contributed by atoms with Crippen molar-refractivity contribution in [1.29, 1.82) is 0 Å². The van der Waals surface area contributed by atoms with Crippen LogP contribution in [0.15, 0.2) is 171 Å². The van der Waals surface area contributed by atoms with Crippen LogP contribution >= 0.6 is 0 Å². The van der Waals surface area contributed by atoms with E-state index in [1.807, 2.05) is 11.5 Å². The van der Waals surface area contributed by atoms with Gasteiger partial charge in [-0.1, -0.05) is 126 Å². The lowest BCUT2D eigenvalue weighted by Gasteiger charge is -2.20. The Balaban J connectivity index is 0.000000220. The fourth-order valence-electron chi connectivity index (χ4n) is 14.3. The van der Waals surface area contributed by atoms with E-state index in [0.717, 1.165) is 12.8 Å². The van der Waals surface area contributed by atoms with Gasteiger partial charge in [-0.2, -0.15) is 0 Å². The number of cyclic esters (lactones) is 5. The number of nitrogens with one attached hydrogen (secondary N) is 4. The third-order valence-electron chi connectivity index (χ3n) is 24.5. The van der Waals surface area contributed by atoms with E-state index < -0.39 is 150 Å². The Morgan fingerprint density at radius 3 is 0.868 bits per heavy atom. The van der Waals surface area contributed by atoms with Gasteiger partial charge in [0.25, 0.3) is 0 Å². The average Bonchev–Trinajstić information content (AvgIpc) is 0.952. The highest BCUT2D eigenvalue weighted by Gasteiger charge is 2.34. The van der Waals surface area contributed by atoms with Gasteiger partial charge in [0.05, 0.1) is 43.4 Å². The van der Waals surface area contributed by atoms with Crippen molar-refractivity contribution in [2.75, 3.05) is 48.5 Å². The summed E-state index contributed by atoms with van der Waals surface area (Å²) in [5.41, 5.74) is 4.45. The van der Waals surface area contributed by atoms with Crippen molar-refractivity contribution in [2.45, 2.75) is 225 Å². The van der Waals surface area contributed by atoms with E-state index in [0.29, 0.717) is 82.1 Å². The molecule has 1 saturated carbocycles. The van der Waals surface area contributed by atoms with E-state index in [1.165, 1.54) is 134 Å². The monoisotopic (exact) mass is 2000 g/mol. The van der Waals surface area contributed by atoms with Crippen molar-refractivity contribution in [1.82, 2.24) is 9.55 Å². The number of nitrogens with zero attached hydrogens (tertiary/aromatic N) is 2. The topological polar surface area (TPSA) is 595 Å². The van der Waals surface area contributed by atoms with Crippen LogP contribution in [0, 0.1) is 29.6 Å². The summed E-state index contributed by atoms with van der Waals surface area (Å²) in [6.07, 6.45) is 18.8. The minimum Gasteiger partial charge on any atom is -0.507 e. The van der Waals surface area contributed by atoms with Crippen molar-refractivity contribution < 1.29 is 153 Å². The number of imidazole rings is 1. The second kappa shape index (κ2) is 55.0. The first-order chi connectivity index (χ1) is 68.2. The molecule has 0 unspecified atom stereocenters. The number of aliphatic hydroxyl groups excluding tert-OH is 10. The minimum atomic E-state index is -1.58. The summed E-state index contributed by atoms with van der Waals surface area (Å²) in [7, 11) is 3.35. The molecule has 1 fully saturated rings. The fraction of sp³-hybridized carbons (Fsp3) is 0.411. The quantitative estimate of drug-likeness (QED) is 0.0447. The molecule has 0 spiro atoms. The minimum absolute atomic E-state index is 0.00222. The smallest absolute Gasteiger partial charge is 0.342 e. The number of aromatic hydroxyl groups is 5. The predicted molar refractivity (Wildman–Crippen MR) is 537 cm³/mol. The second-order valence-electron chi connectivity index (χ2n) is 35.7. The van der Waals surface area contributed by atoms with Crippen LogP contribution in [0.2, 0.25) is 0 Å². The number of anilines is 4. The number of aliphatic hydroxyl groups is 10. The zero-order chi connectivity index (χ0) is 106. The van der Waals surface area contributed by atoms with Crippen LogP contribution in [0.4, 0.5) is 22.7 Å². The molecule has 37 heteroatoms. The van der Waals surface area contributed by atoms with Gasteiger partial charge in [0, 0.05) is 122 Å². The first kappa shape index (κ1) is 115. The number of ketones is 5. The third-order valence-corrected chi connectivity index (χ3v) is 24.5.